The molecule has 0 amide bonds. The summed E-state index contributed by atoms with van der Waals surface area (Å²) in [5, 5.41) is 26.7. The molecule has 0 saturated heterocycles. The quantitative estimate of drug-likeness (QED) is 0.142. The Labute approximate surface area is 310 Å². The SMILES string of the molecule is CN(C)[C@@H]1c2onc(OCc3ccccc3)c2C(=O)C2(O[Si](C)(C)C(C)(C)C)C(O)=C3C(=O)c4c(OC(=O)OC(C)(C)C)ccc(C#N)c4CC3C[C@@H]12. The maximum Gasteiger partial charge on any atom is 0.514 e. The second-order valence-electron chi connectivity index (χ2n) is 16.8. The molecule has 0 radical (unpaired) electrons. The lowest BCUT2D eigenvalue weighted by Gasteiger charge is -2.55. The van der Waals surface area contributed by atoms with Crippen LogP contribution in [0.2, 0.25) is 18.1 Å². The summed E-state index contributed by atoms with van der Waals surface area (Å²) in [4.78, 5) is 45.0. The van der Waals surface area contributed by atoms with Gasteiger partial charge in [0.2, 0.25) is 5.78 Å². The van der Waals surface area contributed by atoms with Gasteiger partial charge in [0.15, 0.2) is 25.5 Å². The number of allylic oxidation sites excluding steroid dienone is 1. The van der Waals surface area contributed by atoms with Crippen LogP contribution in [0.3, 0.4) is 0 Å². The summed E-state index contributed by atoms with van der Waals surface area (Å²) < 4.78 is 30.2. The van der Waals surface area contributed by atoms with Crippen LogP contribution in [0.15, 0.2) is 58.3 Å². The maximum absolute atomic E-state index is 15.4. The van der Waals surface area contributed by atoms with Crippen molar-refractivity contribution in [2.75, 3.05) is 14.1 Å². The average Bonchev–Trinajstić information content (AvgIpc) is 3.47. The number of Topliss-reactive ketones (excluding diaryl/α,β-unsaturated/α-hetero) is 2. The summed E-state index contributed by atoms with van der Waals surface area (Å²) in [5.41, 5.74) is -1.45. The molecule has 3 aliphatic carbocycles. The zero-order chi connectivity index (χ0) is 38.8. The van der Waals surface area contributed by atoms with E-state index in [-0.39, 0.29) is 59.1 Å². The van der Waals surface area contributed by atoms with Gasteiger partial charge in [-0.05, 0) is 100 Å². The van der Waals surface area contributed by atoms with E-state index in [4.69, 9.17) is 23.2 Å². The van der Waals surface area contributed by atoms with Crippen molar-refractivity contribution in [1.29, 1.82) is 5.26 Å². The number of carbonyl (C=O) groups is 3. The summed E-state index contributed by atoms with van der Waals surface area (Å²) >= 11 is 0. The lowest BCUT2D eigenvalue weighted by molar-refractivity contribution is -0.0480. The van der Waals surface area contributed by atoms with Gasteiger partial charge in [0, 0.05) is 11.5 Å². The molecule has 0 bridgehead atoms. The number of carbonyl (C=O) groups excluding carboxylic acids is 3. The van der Waals surface area contributed by atoms with Crippen molar-refractivity contribution in [2.24, 2.45) is 11.8 Å². The standard InChI is InChI=1S/C40H47N3O9Si/c1-38(2,3)50-37(47)49-27-17-16-23(20-41)25-18-24-19-26-31(43(7)8)33-30(36(42-51-33)48-21-22-14-12-11-13-15-22)35(46)40(26,52-53(9,10)39(4,5)6)34(45)28(24)32(44)29(25)27/h11-17,24,26,31,45H,18-19,21H2,1-10H3/t24?,26-,31-,40?/m0/s1. The Bertz CT molecular complexity index is 2050. The highest BCUT2D eigenvalue weighted by Gasteiger charge is 2.67. The highest BCUT2D eigenvalue weighted by Crippen LogP contribution is 2.59. The number of nitrogens with zero attached hydrogens (tertiary/aromatic N) is 3. The van der Waals surface area contributed by atoms with Crippen molar-refractivity contribution < 1.29 is 42.6 Å². The summed E-state index contributed by atoms with van der Waals surface area (Å²) in [7, 11) is 0.761. The molecule has 2 aromatic carbocycles. The number of hydrogen-bond donors (Lipinski definition) is 1. The molecule has 6 rings (SSSR count). The molecule has 1 N–H and O–H groups in total. The average molecular weight is 742 g/mol. The largest absolute Gasteiger partial charge is 0.514 e. The van der Waals surface area contributed by atoms with Crippen molar-refractivity contribution in [1.82, 2.24) is 10.1 Å². The fourth-order valence-corrected chi connectivity index (χ4v) is 8.95. The van der Waals surface area contributed by atoms with Crippen LogP contribution in [0.5, 0.6) is 11.6 Å². The summed E-state index contributed by atoms with van der Waals surface area (Å²) in [6.07, 6.45) is -0.654. The number of ketones is 2. The number of aliphatic hydroxyl groups excluding tert-OH is 1. The van der Waals surface area contributed by atoms with Crippen molar-refractivity contribution in [3.8, 4) is 17.7 Å². The van der Waals surface area contributed by atoms with Crippen LogP contribution in [-0.4, -0.2) is 66.5 Å². The number of fused-ring (bicyclic) bond motifs is 4. The van der Waals surface area contributed by atoms with Crippen molar-refractivity contribution in [3.05, 3.63) is 87.4 Å². The Morgan fingerprint density at radius 1 is 1.08 bits per heavy atom. The Morgan fingerprint density at radius 2 is 1.75 bits per heavy atom. The third-order valence-corrected chi connectivity index (χ3v) is 15.3. The minimum absolute atomic E-state index is 0.0194. The van der Waals surface area contributed by atoms with Gasteiger partial charge < -0.3 is 28.3 Å². The van der Waals surface area contributed by atoms with E-state index in [2.05, 4.69) is 11.2 Å². The van der Waals surface area contributed by atoms with Crippen LogP contribution in [0.1, 0.15) is 97.2 Å². The van der Waals surface area contributed by atoms with Crippen molar-refractivity contribution in [3.63, 3.8) is 0 Å². The fourth-order valence-electron chi connectivity index (χ4n) is 7.50. The summed E-state index contributed by atoms with van der Waals surface area (Å²) in [5.74, 6) is -2.99. The fraction of sp³-hybridized carbons (Fsp3) is 0.475. The minimum atomic E-state index is -2.93. The summed E-state index contributed by atoms with van der Waals surface area (Å²) in [6.45, 7) is 15.2. The van der Waals surface area contributed by atoms with E-state index in [1.807, 2.05) is 83.2 Å². The van der Waals surface area contributed by atoms with Crippen LogP contribution in [0.25, 0.3) is 0 Å². The van der Waals surface area contributed by atoms with Gasteiger partial charge in [-0.15, -0.1) is 0 Å². The zero-order valence-corrected chi connectivity index (χ0v) is 32.9. The topological polar surface area (TPSA) is 161 Å². The van der Waals surface area contributed by atoms with Crippen LogP contribution < -0.4 is 9.47 Å². The predicted molar refractivity (Wildman–Crippen MR) is 196 cm³/mol. The molecule has 0 saturated carbocycles. The molecular weight excluding hydrogens is 695 g/mol. The lowest BCUT2D eigenvalue weighted by Crippen LogP contribution is -2.65. The molecule has 4 atom stereocenters. The summed E-state index contributed by atoms with van der Waals surface area (Å²) in [6, 6.07) is 13.8. The third kappa shape index (κ3) is 6.47. The van der Waals surface area contributed by atoms with Crippen LogP contribution in [-0.2, 0) is 22.2 Å². The van der Waals surface area contributed by atoms with E-state index in [9.17, 15) is 20.0 Å². The number of ether oxygens (including phenoxy) is 3. The second kappa shape index (κ2) is 13.3. The number of rotatable bonds is 7. The molecule has 3 aromatic rings. The Hall–Kier alpha value is -4.77. The first kappa shape index (κ1) is 38.0. The Kier molecular flexibility index (Phi) is 9.50. The number of nitriles is 1. The van der Waals surface area contributed by atoms with Gasteiger partial charge in [-0.2, -0.15) is 5.26 Å². The molecule has 0 fully saturated rings. The first-order valence-electron chi connectivity index (χ1n) is 17.7. The van der Waals surface area contributed by atoms with Gasteiger partial charge >= 0.3 is 6.16 Å². The molecule has 53 heavy (non-hydrogen) atoms. The number of aliphatic hydroxyl groups is 1. The molecule has 12 nitrogen and oxygen atoms in total. The second-order valence-corrected chi connectivity index (χ2v) is 21.5. The molecule has 0 aliphatic heterocycles. The molecule has 3 aliphatic rings. The number of aromatic nitrogens is 1. The normalized spacial score (nSPS) is 22.7. The minimum Gasteiger partial charge on any atom is -0.508 e. The van der Waals surface area contributed by atoms with Gasteiger partial charge in [0.05, 0.1) is 23.2 Å². The molecule has 2 unspecified atom stereocenters. The number of hydrogen-bond acceptors (Lipinski definition) is 12. The Morgan fingerprint density at radius 3 is 2.36 bits per heavy atom. The van der Waals surface area contributed by atoms with E-state index < -0.39 is 65.9 Å². The molecule has 1 heterocycles. The van der Waals surface area contributed by atoms with Gasteiger partial charge in [-0.1, -0.05) is 51.1 Å². The predicted octanol–water partition coefficient (Wildman–Crippen LogP) is 7.89. The highest BCUT2D eigenvalue weighted by molar-refractivity contribution is 6.74. The molecule has 0 spiro atoms. The molecular formula is C40H47N3O9Si. The van der Waals surface area contributed by atoms with Crippen molar-refractivity contribution in [2.45, 2.75) is 96.4 Å². The van der Waals surface area contributed by atoms with Crippen molar-refractivity contribution >= 4 is 26.0 Å². The van der Waals surface area contributed by atoms with Crippen LogP contribution in [0, 0.1) is 23.2 Å². The van der Waals surface area contributed by atoms with E-state index in [0.717, 1.165) is 5.56 Å². The van der Waals surface area contributed by atoms with Gasteiger partial charge in [-0.3, -0.25) is 14.5 Å². The van der Waals surface area contributed by atoms with E-state index in [1.165, 1.54) is 12.1 Å². The van der Waals surface area contributed by atoms with Crippen LogP contribution >= 0.6 is 0 Å². The first-order valence-corrected chi connectivity index (χ1v) is 20.7. The molecule has 1 aromatic heterocycles. The Balaban J connectivity index is 1.56. The van der Waals surface area contributed by atoms with Gasteiger partial charge in [0.1, 0.15) is 29.3 Å². The first-order chi connectivity index (χ1) is 24.7. The van der Waals surface area contributed by atoms with Gasteiger partial charge in [-0.25, -0.2) is 4.79 Å². The highest BCUT2D eigenvalue weighted by atomic mass is 28.4. The zero-order valence-electron chi connectivity index (χ0n) is 31.9. The lowest BCUT2D eigenvalue weighted by atomic mass is 9.58. The monoisotopic (exact) mass is 741 g/mol. The smallest absolute Gasteiger partial charge is 0.508 e. The molecule has 13 heteroatoms. The van der Waals surface area contributed by atoms with Crippen LogP contribution in [0.4, 0.5) is 4.79 Å². The maximum atomic E-state index is 15.4. The van der Waals surface area contributed by atoms with Gasteiger partial charge in [0.25, 0.3) is 5.88 Å². The number of benzene rings is 2. The van der Waals surface area contributed by atoms with E-state index in [0.29, 0.717) is 5.56 Å². The third-order valence-electron chi connectivity index (χ3n) is 10.9. The molecule has 280 valence electrons. The van der Waals surface area contributed by atoms with E-state index >= 15 is 4.79 Å². The van der Waals surface area contributed by atoms with E-state index in [1.54, 1.807) is 20.8 Å².